The van der Waals surface area contributed by atoms with Gasteiger partial charge in [-0.2, -0.15) is 0 Å². The molecule has 35 heavy (non-hydrogen) atoms. The van der Waals surface area contributed by atoms with E-state index in [4.69, 9.17) is 14.2 Å². The van der Waals surface area contributed by atoms with Crippen molar-refractivity contribution in [3.05, 3.63) is 35.4 Å². The van der Waals surface area contributed by atoms with Crippen LogP contribution in [0.25, 0.3) is 0 Å². The van der Waals surface area contributed by atoms with Gasteiger partial charge in [0.2, 0.25) is 0 Å². The highest BCUT2D eigenvalue weighted by atomic mass is 16.9. The Morgan fingerprint density at radius 3 is 1.29 bits per heavy atom. The number of methoxy groups -OCH3 is 3. The standard InChI is InChI=1S/C32H58O3/c1-7-9-11-13-15-16-17-18-20-24-28-31(32(33-4,34-5)35-6,27-23-19-14-12-10-8-2)30-26-22-21-25-29(30)3/h21-22,25-26H,7-20,23-24,27-28H2,1-6H3. The first kappa shape index (κ1) is 32.1. The van der Waals surface area contributed by atoms with Crippen LogP contribution in [0.4, 0.5) is 0 Å². The van der Waals surface area contributed by atoms with Crippen molar-refractivity contribution in [3.63, 3.8) is 0 Å². The van der Waals surface area contributed by atoms with Crippen LogP contribution in [0.15, 0.2) is 24.3 Å². The van der Waals surface area contributed by atoms with Gasteiger partial charge in [0.25, 0.3) is 5.97 Å². The average molecular weight is 491 g/mol. The molecule has 0 heterocycles. The van der Waals surface area contributed by atoms with Gasteiger partial charge in [-0.15, -0.1) is 0 Å². The van der Waals surface area contributed by atoms with Gasteiger partial charge in [-0.3, -0.25) is 0 Å². The summed E-state index contributed by atoms with van der Waals surface area (Å²) in [5, 5.41) is 0. The van der Waals surface area contributed by atoms with E-state index in [2.05, 4.69) is 45.0 Å². The van der Waals surface area contributed by atoms with Gasteiger partial charge in [0.05, 0.1) is 5.41 Å². The topological polar surface area (TPSA) is 27.7 Å². The predicted molar refractivity (Wildman–Crippen MR) is 151 cm³/mol. The summed E-state index contributed by atoms with van der Waals surface area (Å²) in [4.78, 5) is 0. The van der Waals surface area contributed by atoms with Crippen molar-refractivity contribution in [2.45, 2.75) is 148 Å². The second kappa shape index (κ2) is 19.2. The number of unbranched alkanes of at least 4 members (excludes halogenated alkanes) is 14. The third-order valence-corrected chi connectivity index (χ3v) is 7.97. The van der Waals surface area contributed by atoms with Gasteiger partial charge in [0.15, 0.2) is 0 Å². The molecule has 204 valence electrons. The Bertz CT molecular complexity index is 617. The van der Waals surface area contributed by atoms with Crippen molar-refractivity contribution in [1.29, 1.82) is 0 Å². The molecule has 0 radical (unpaired) electrons. The van der Waals surface area contributed by atoms with E-state index in [9.17, 15) is 0 Å². The summed E-state index contributed by atoms with van der Waals surface area (Å²) < 4.78 is 18.3. The average Bonchev–Trinajstić information content (AvgIpc) is 2.88. The van der Waals surface area contributed by atoms with E-state index >= 15 is 0 Å². The molecule has 1 rings (SSSR count). The minimum Gasteiger partial charge on any atom is -0.330 e. The molecule has 3 heteroatoms. The summed E-state index contributed by atoms with van der Waals surface area (Å²) in [5.74, 6) is -1.08. The smallest absolute Gasteiger partial charge is 0.292 e. The van der Waals surface area contributed by atoms with Crippen LogP contribution in [0.2, 0.25) is 0 Å². The molecule has 0 aliphatic heterocycles. The maximum absolute atomic E-state index is 6.10. The van der Waals surface area contributed by atoms with Crippen LogP contribution in [0.1, 0.15) is 141 Å². The maximum atomic E-state index is 6.10. The van der Waals surface area contributed by atoms with Crippen molar-refractivity contribution in [2.24, 2.45) is 0 Å². The number of benzene rings is 1. The molecule has 0 bridgehead atoms. The summed E-state index contributed by atoms with van der Waals surface area (Å²) >= 11 is 0. The zero-order valence-corrected chi connectivity index (χ0v) is 24.3. The first-order valence-electron chi connectivity index (χ1n) is 14.8. The van der Waals surface area contributed by atoms with Crippen molar-refractivity contribution in [3.8, 4) is 0 Å². The number of hydrogen-bond donors (Lipinski definition) is 0. The Morgan fingerprint density at radius 1 is 0.543 bits per heavy atom. The third kappa shape index (κ3) is 10.2. The molecule has 3 nitrogen and oxygen atoms in total. The Balaban J connectivity index is 2.94. The van der Waals surface area contributed by atoms with E-state index in [-0.39, 0.29) is 5.41 Å². The Hall–Kier alpha value is -0.900. The van der Waals surface area contributed by atoms with E-state index < -0.39 is 5.97 Å². The van der Waals surface area contributed by atoms with Crippen molar-refractivity contribution in [1.82, 2.24) is 0 Å². The monoisotopic (exact) mass is 490 g/mol. The highest BCUT2D eigenvalue weighted by Gasteiger charge is 2.54. The summed E-state index contributed by atoms with van der Waals surface area (Å²) in [7, 11) is 5.21. The Kier molecular flexibility index (Phi) is 17.7. The fraction of sp³-hybridized carbons (Fsp3) is 0.812. The van der Waals surface area contributed by atoms with Crippen LogP contribution in [-0.4, -0.2) is 27.3 Å². The van der Waals surface area contributed by atoms with Gasteiger partial charge >= 0.3 is 0 Å². The van der Waals surface area contributed by atoms with Crippen LogP contribution in [-0.2, 0) is 19.6 Å². The van der Waals surface area contributed by atoms with Crippen molar-refractivity contribution in [2.75, 3.05) is 21.3 Å². The zero-order chi connectivity index (χ0) is 25.8. The van der Waals surface area contributed by atoms with Gasteiger partial charge in [-0.25, -0.2) is 0 Å². The van der Waals surface area contributed by atoms with Crippen molar-refractivity contribution >= 4 is 0 Å². The predicted octanol–water partition coefficient (Wildman–Crippen LogP) is 9.89. The van der Waals surface area contributed by atoms with Crippen LogP contribution < -0.4 is 0 Å². The summed E-state index contributed by atoms with van der Waals surface area (Å²) in [6.45, 7) is 6.78. The van der Waals surface area contributed by atoms with E-state index in [1.807, 2.05) is 0 Å². The molecule has 0 fully saturated rings. The van der Waals surface area contributed by atoms with Gasteiger partial charge in [-0.05, 0) is 30.9 Å². The summed E-state index contributed by atoms with van der Waals surface area (Å²) in [6.07, 6.45) is 23.1. The van der Waals surface area contributed by atoms with Crippen LogP contribution in [0.3, 0.4) is 0 Å². The van der Waals surface area contributed by atoms with E-state index in [1.54, 1.807) is 21.3 Å². The SMILES string of the molecule is CCCCCCCCCCCCC(CCCCCCCC)(c1ccccc1C)C(OC)(OC)OC. The molecule has 1 unspecified atom stereocenters. The lowest BCUT2D eigenvalue weighted by Crippen LogP contribution is -2.56. The number of aryl methyl sites for hydroxylation is 1. The van der Waals surface area contributed by atoms with Crippen LogP contribution >= 0.6 is 0 Å². The first-order chi connectivity index (χ1) is 17.1. The summed E-state index contributed by atoms with van der Waals surface area (Å²) in [6, 6.07) is 8.77. The number of rotatable bonds is 23. The Labute approximate surface area is 218 Å². The van der Waals surface area contributed by atoms with Gasteiger partial charge in [0, 0.05) is 21.3 Å². The fourth-order valence-electron chi connectivity index (χ4n) is 5.93. The molecule has 0 aliphatic rings. The lowest BCUT2D eigenvalue weighted by molar-refractivity contribution is -0.390. The Morgan fingerprint density at radius 2 is 0.914 bits per heavy atom. The van der Waals surface area contributed by atoms with E-state index in [0.717, 1.165) is 25.7 Å². The first-order valence-corrected chi connectivity index (χ1v) is 14.8. The zero-order valence-electron chi connectivity index (χ0n) is 24.3. The molecular formula is C32H58O3. The molecule has 1 atom stereocenters. The molecule has 0 saturated carbocycles. The second-order valence-electron chi connectivity index (χ2n) is 10.5. The minimum atomic E-state index is -1.08. The van der Waals surface area contributed by atoms with Crippen molar-refractivity contribution < 1.29 is 14.2 Å². The lowest BCUT2D eigenvalue weighted by atomic mass is 9.68. The number of ether oxygens (including phenoxy) is 3. The molecular weight excluding hydrogens is 432 g/mol. The van der Waals surface area contributed by atoms with Crippen LogP contribution in [0.5, 0.6) is 0 Å². The summed E-state index contributed by atoms with van der Waals surface area (Å²) in [5.41, 5.74) is 2.28. The molecule has 1 aromatic carbocycles. The highest BCUT2D eigenvalue weighted by molar-refractivity contribution is 5.35. The second-order valence-corrected chi connectivity index (χ2v) is 10.5. The normalized spacial score (nSPS) is 13.8. The molecule has 0 N–H and O–H groups in total. The highest BCUT2D eigenvalue weighted by Crippen LogP contribution is 2.48. The lowest BCUT2D eigenvalue weighted by Gasteiger charge is -2.48. The maximum Gasteiger partial charge on any atom is 0.292 e. The minimum absolute atomic E-state index is 0.332. The van der Waals surface area contributed by atoms with Crippen LogP contribution in [0, 0.1) is 6.92 Å². The molecule has 0 amide bonds. The third-order valence-electron chi connectivity index (χ3n) is 7.97. The van der Waals surface area contributed by atoms with Gasteiger partial charge in [-0.1, -0.05) is 141 Å². The molecule has 0 aliphatic carbocycles. The van der Waals surface area contributed by atoms with E-state index in [0.29, 0.717) is 0 Å². The van der Waals surface area contributed by atoms with E-state index in [1.165, 1.54) is 101 Å². The van der Waals surface area contributed by atoms with Gasteiger partial charge in [0.1, 0.15) is 0 Å². The quantitative estimate of drug-likeness (QED) is 0.113. The largest absolute Gasteiger partial charge is 0.330 e. The van der Waals surface area contributed by atoms with Gasteiger partial charge < -0.3 is 14.2 Å². The molecule has 1 aromatic rings. The number of hydrogen-bond acceptors (Lipinski definition) is 3. The molecule has 0 saturated heterocycles. The molecule has 0 spiro atoms. The molecule has 0 aromatic heterocycles. The fourth-order valence-corrected chi connectivity index (χ4v) is 5.93.